The van der Waals surface area contributed by atoms with Crippen molar-refractivity contribution in [2.24, 2.45) is 0 Å². The van der Waals surface area contributed by atoms with Crippen LogP contribution in [0.25, 0.3) is 0 Å². The third-order valence-electron chi connectivity index (χ3n) is 4.12. The number of rotatable bonds is 6. The zero-order valence-electron chi connectivity index (χ0n) is 16.1. The van der Waals surface area contributed by atoms with Crippen LogP contribution in [0.2, 0.25) is 0 Å². The molecule has 0 aromatic heterocycles. The van der Waals surface area contributed by atoms with Crippen LogP contribution in [0.5, 0.6) is 5.75 Å². The van der Waals surface area contributed by atoms with Crippen LogP contribution < -0.4 is 20.7 Å². The predicted octanol–water partition coefficient (Wildman–Crippen LogP) is 4.87. The monoisotopic (exact) mass is 391 g/mol. The Labute approximate surface area is 168 Å². The van der Waals surface area contributed by atoms with E-state index in [4.69, 9.17) is 4.74 Å². The molecule has 29 heavy (non-hydrogen) atoms. The van der Waals surface area contributed by atoms with Crippen LogP contribution in [0.3, 0.4) is 0 Å². The summed E-state index contributed by atoms with van der Waals surface area (Å²) in [5.41, 5.74) is 3.18. The number of ether oxygens (including phenoxy) is 2. The van der Waals surface area contributed by atoms with Gasteiger partial charge < -0.3 is 20.1 Å². The minimum absolute atomic E-state index is 0.254. The molecule has 0 aliphatic heterocycles. The van der Waals surface area contributed by atoms with E-state index >= 15 is 0 Å². The predicted molar refractivity (Wildman–Crippen MR) is 113 cm³/mol. The summed E-state index contributed by atoms with van der Waals surface area (Å²) in [6, 6.07) is 21.4. The van der Waals surface area contributed by atoms with Crippen molar-refractivity contribution in [2.45, 2.75) is 0 Å². The Morgan fingerprint density at radius 2 is 1.31 bits per heavy atom. The Kier molecular flexibility index (Phi) is 6.32. The fraction of sp³-hybridized carbons (Fsp3) is 0.0909. The first-order valence-corrected chi connectivity index (χ1v) is 8.85. The molecule has 3 aromatic carbocycles. The van der Waals surface area contributed by atoms with Crippen molar-refractivity contribution in [1.29, 1.82) is 0 Å². The zero-order chi connectivity index (χ0) is 20.6. The van der Waals surface area contributed by atoms with Crippen LogP contribution in [0.15, 0.2) is 72.8 Å². The lowest BCUT2D eigenvalue weighted by molar-refractivity contribution is 0.102. The van der Waals surface area contributed by atoms with E-state index in [0.717, 1.165) is 11.4 Å². The molecule has 0 spiro atoms. The average Bonchev–Trinajstić information content (AvgIpc) is 2.76. The highest BCUT2D eigenvalue weighted by Crippen LogP contribution is 2.24. The molecule has 0 atom stereocenters. The van der Waals surface area contributed by atoms with Gasteiger partial charge in [-0.2, -0.15) is 0 Å². The summed E-state index contributed by atoms with van der Waals surface area (Å²) in [6.07, 6.45) is -0.555. The third kappa shape index (κ3) is 5.26. The van der Waals surface area contributed by atoms with Gasteiger partial charge in [-0.15, -0.1) is 0 Å². The largest absolute Gasteiger partial charge is 0.497 e. The first-order valence-electron chi connectivity index (χ1n) is 8.85. The number of para-hydroxylation sites is 1. The van der Waals surface area contributed by atoms with Gasteiger partial charge in [0.25, 0.3) is 5.91 Å². The first-order chi connectivity index (χ1) is 14.1. The molecule has 0 aliphatic carbocycles. The van der Waals surface area contributed by atoms with Gasteiger partial charge in [-0.05, 0) is 60.7 Å². The van der Waals surface area contributed by atoms with Gasteiger partial charge in [0.05, 0.1) is 25.5 Å². The average molecular weight is 391 g/mol. The third-order valence-corrected chi connectivity index (χ3v) is 4.12. The van der Waals surface area contributed by atoms with Crippen LogP contribution in [-0.4, -0.2) is 26.2 Å². The molecular formula is C22H21N3O4. The van der Waals surface area contributed by atoms with Gasteiger partial charge in [-0.1, -0.05) is 12.1 Å². The molecule has 0 bridgehead atoms. The zero-order valence-corrected chi connectivity index (χ0v) is 16.1. The fourth-order valence-corrected chi connectivity index (χ4v) is 2.62. The topological polar surface area (TPSA) is 88.7 Å². The standard InChI is InChI=1S/C22H21N3O4/c1-28-18-13-11-15(12-14-18)23-20-6-4-3-5-19(20)21(26)24-16-7-9-17(10-8-16)25-22(27)29-2/h3-14,23H,1-2H3,(H,24,26)(H,25,27). The highest BCUT2D eigenvalue weighted by atomic mass is 16.5. The Balaban J connectivity index is 1.71. The van der Waals surface area contributed by atoms with E-state index in [1.807, 2.05) is 36.4 Å². The van der Waals surface area contributed by atoms with E-state index < -0.39 is 6.09 Å². The van der Waals surface area contributed by atoms with Crippen LogP contribution in [0.4, 0.5) is 27.5 Å². The van der Waals surface area contributed by atoms with Crippen LogP contribution in [0, 0.1) is 0 Å². The van der Waals surface area contributed by atoms with Crippen molar-refractivity contribution in [1.82, 2.24) is 0 Å². The summed E-state index contributed by atoms with van der Waals surface area (Å²) in [6.45, 7) is 0. The van der Waals surface area contributed by atoms with Crippen LogP contribution in [-0.2, 0) is 4.74 Å². The molecule has 0 radical (unpaired) electrons. The van der Waals surface area contributed by atoms with E-state index in [2.05, 4.69) is 20.7 Å². The van der Waals surface area contributed by atoms with E-state index in [-0.39, 0.29) is 5.91 Å². The summed E-state index contributed by atoms with van der Waals surface area (Å²) >= 11 is 0. The molecule has 7 nitrogen and oxygen atoms in total. The summed E-state index contributed by atoms with van der Waals surface area (Å²) < 4.78 is 9.71. The smallest absolute Gasteiger partial charge is 0.411 e. The lowest BCUT2D eigenvalue weighted by Crippen LogP contribution is -2.14. The molecular weight excluding hydrogens is 370 g/mol. The summed E-state index contributed by atoms with van der Waals surface area (Å²) in [7, 11) is 2.90. The first kappa shape index (κ1) is 19.8. The quantitative estimate of drug-likeness (QED) is 0.558. The molecule has 2 amide bonds. The van der Waals surface area contributed by atoms with Crippen molar-refractivity contribution < 1.29 is 19.1 Å². The number of carbonyl (C=O) groups is 2. The number of nitrogens with one attached hydrogen (secondary N) is 3. The normalized spacial score (nSPS) is 10.0. The molecule has 3 N–H and O–H groups in total. The molecule has 0 unspecified atom stereocenters. The van der Waals surface area contributed by atoms with Gasteiger partial charge in [0.2, 0.25) is 0 Å². The Morgan fingerprint density at radius 1 is 0.724 bits per heavy atom. The van der Waals surface area contributed by atoms with Gasteiger partial charge in [0.15, 0.2) is 0 Å². The second-order valence-electron chi connectivity index (χ2n) is 6.05. The highest BCUT2D eigenvalue weighted by Gasteiger charge is 2.12. The number of anilines is 4. The van der Waals surface area contributed by atoms with Gasteiger partial charge in [-0.25, -0.2) is 4.79 Å². The summed E-state index contributed by atoms with van der Waals surface area (Å²) in [5, 5.41) is 8.66. The van der Waals surface area contributed by atoms with E-state index in [1.165, 1.54) is 7.11 Å². The maximum Gasteiger partial charge on any atom is 0.411 e. The minimum Gasteiger partial charge on any atom is -0.497 e. The van der Waals surface area contributed by atoms with Gasteiger partial charge in [-0.3, -0.25) is 10.1 Å². The van der Waals surface area contributed by atoms with Crippen molar-refractivity contribution in [3.05, 3.63) is 78.4 Å². The van der Waals surface area contributed by atoms with Crippen molar-refractivity contribution in [3.63, 3.8) is 0 Å². The molecule has 3 aromatic rings. The van der Waals surface area contributed by atoms with Gasteiger partial charge >= 0.3 is 6.09 Å². The van der Waals surface area contributed by atoms with Crippen molar-refractivity contribution >= 4 is 34.7 Å². The number of hydrogen-bond donors (Lipinski definition) is 3. The van der Waals surface area contributed by atoms with Crippen LogP contribution in [0.1, 0.15) is 10.4 Å². The molecule has 0 saturated carbocycles. The molecule has 3 rings (SSSR count). The van der Waals surface area contributed by atoms with Crippen LogP contribution >= 0.6 is 0 Å². The molecule has 0 fully saturated rings. The molecule has 7 heteroatoms. The van der Waals surface area contributed by atoms with Gasteiger partial charge in [0, 0.05) is 17.1 Å². The number of methoxy groups -OCH3 is 2. The molecule has 0 aliphatic rings. The Morgan fingerprint density at radius 3 is 1.93 bits per heavy atom. The molecule has 0 heterocycles. The van der Waals surface area contributed by atoms with Gasteiger partial charge in [0.1, 0.15) is 5.75 Å². The van der Waals surface area contributed by atoms with E-state index in [1.54, 1.807) is 43.5 Å². The second kappa shape index (κ2) is 9.27. The SMILES string of the molecule is COC(=O)Nc1ccc(NC(=O)c2ccccc2Nc2ccc(OC)cc2)cc1. The van der Waals surface area contributed by atoms with E-state index in [0.29, 0.717) is 22.6 Å². The summed E-state index contributed by atoms with van der Waals surface area (Å²) in [4.78, 5) is 24.0. The maximum atomic E-state index is 12.8. The fourth-order valence-electron chi connectivity index (χ4n) is 2.62. The number of benzene rings is 3. The molecule has 148 valence electrons. The number of hydrogen-bond acceptors (Lipinski definition) is 5. The Hall–Kier alpha value is -4.00. The number of amides is 2. The maximum absolute atomic E-state index is 12.8. The number of carbonyl (C=O) groups excluding carboxylic acids is 2. The lowest BCUT2D eigenvalue weighted by Gasteiger charge is -2.13. The van der Waals surface area contributed by atoms with E-state index in [9.17, 15) is 9.59 Å². The summed E-state index contributed by atoms with van der Waals surface area (Å²) in [5.74, 6) is 0.502. The van der Waals surface area contributed by atoms with Crippen molar-refractivity contribution in [3.8, 4) is 5.75 Å². The molecule has 0 saturated heterocycles. The Bertz CT molecular complexity index is 986. The highest BCUT2D eigenvalue weighted by molar-refractivity contribution is 6.08. The second-order valence-corrected chi connectivity index (χ2v) is 6.05. The minimum atomic E-state index is -0.555. The van der Waals surface area contributed by atoms with Crippen molar-refractivity contribution in [2.75, 3.05) is 30.2 Å². The lowest BCUT2D eigenvalue weighted by atomic mass is 10.1.